The van der Waals surface area contributed by atoms with Gasteiger partial charge in [-0.05, 0) is 17.7 Å². The van der Waals surface area contributed by atoms with Crippen LogP contribution in [0.5, 0.6) is 0 Å². The van der Waals surface area contributed by atoms with Crippen molar-refractivity contribution in [3.05, 3.63) is 34.3 Å². The van der Waals surface area contributed by atoms with Crippen molar-refractivity contribution < 1.29 is 9.15 Å². The van der Waals surface area contributed by atoms with E-state index in [2.05, 4.69) is 4.98 Å². The molecule has 3 rings (SSSR count). The second kappa shape index (κ2) is 2.71. The highest BCUT2D eigenvalue weighted by atomic mass is 16.5. The fourth-order valence-electron chi connectivity index (χ4n) is 1.74. The lowest BCUT2D eigenvalue weighted by molar-refractivity contribution is -0.0568. The monoisotopic (exact) mass is 206 g/mol. The second-order valence-corrected chi connectivity index (χ2v) is 3.87. The van der Waals surface area contributed by atoms with Crippen LogP contribution in [-0.4, -0.2) is 18.2 Å². The van der Waals surface area contributed by atoms with E-state index in [9.17, 15) is 4.79 Å². The van der Waals surface area contributed by atoms with E-state index in [0.717, 1.165) is 5.56 Å². The fraction of sp³-hybridized carbons (Fsp3) is 0.300. The van der Waals surface area contributed by atoms with Crippen LogP contribution in [0.2, 0.25) is 0 Å². The SMILES string of the molecule is NC1(c2ccc3[nH]c(=O)oc3c2)COC1. The van der Waals surface area contributed by atoms with E-state index in [1.54, 1.807) is 12.1 Å². The van der Waals surface area contributed by atoms with Gasteiger partial charge in [-0.3, -0.25) is 4.98 Å². The molecule has 0 spiro atoms. The first-order chi connectivity index (χ1) is 7.17. The van der Waals surface area contributed by atoms with Crippen LogP contribution in [0.4, 0.5) is 0 Å². The number of fused-ring (bicyclic) bond motifs is 1. The number of hydrogen-bond acceptors (Lipinski definition) is 4. The summed E-state index contributed by atoms with van der Waals surface area (Å²) in [6.07, 6.45) is 0. The van der Waals surface area contributed by atoms with Gasteiger partial charge in [-0.15, -0.1) is 0 Å². The highest BCUT2D eigenvalue weighted by Gasteiger charge is 2.36. The summed E-state index contributed by atoms with van der Waals surface area (Å²) in [5.74, 6) is -0.446. The number of aromatic amines is 1. The Morgan fingerprint density at radius 1 is 1.40 bits per heavy atom. The molecule has 0 bridgehead atoms. The van der Waals surface area contributed by atoms with Gasteiger partial charge in [0.05, 0.1) is 24.3 Å². The summed E-state index contributed by atoms with van der Waals surface area (Å²) in [5.41, 5.74) is 7.80. The molecule has 78 valence electrons. The topological polar surface area (TPSA) is 81.3 Å². The van der Waals surface area contributed by atoms with Crippen molar-refractivity contribution >= 4 is 11.1 Å². The van der Waals surface area contributed by atoms with Gasteiger partial charge in [0.2, 0.25) is 0 Å². The molecule has 5 nitrogen and oxygen atoms in total. The predicted molar refractivity (Wildman–Crippen MR) is 53.5 cm³/mol. The summed E-state index contributed by atoms with van der Waals surface area (Å²) in [7, 11) is 0. The molecule has 0 radical (unpaired) electrons. The lowest BCUT2D eigenvalue weighted by atomic mass is 9.89. The molecule has 0 aliphatic carbocycles. The largest absolute Gasteiger partial charge is 0.417 e. The molecular weight excluding hydrogens is 196 g/mol. The molecule has 0 amide bonds. The molecular formula is C10H10N2O3. The van der Waals surface area contributed by atoms with Crippen molar-refractivity contribution in [3.8, 4) is 0 Å². The molecule has 5 heteroatoms. The van der Waals surface area contributed by atoms with Gasteiger partial charge in [0.15, 0.2) is 5.58 Å². The van der Waals surface area contributed by atoms with Crippen LogP contribution in [0.15, 0.2) is 27.4 Å². The minimum absolute atomic E-state index is 0.427. The Bertz CT molecular complexity index is 565. The molecule has 2 heterocycles. The zero-order chi connectivity index (χ0) is 10.5. The van der Waals surface area contributed by atoms with Crippen LogP contribution in [0, 0.1) is 0 Å². The van der Waals surface area contributed by atoms with Gasteiger partial charge in [0, 0.05) is 0 Å². The third-order valence-electron chi connectivity index (χ3n) is 2.72. The normalized spacial score (nSPS) is 19.0. The zero-order valence-corrected chi connectivity index (χ0v) is 7.95. The molecule has 1 aliphatic rings. The highest BCUT2D eigenvalue weighted by molar-refractivity contribution is 5.73. The first-order valence-electron chi connectivity index (χ1n) is 4.67. The Morgan fingerprint density at radius 3 is 2.87 bits per heavy atom. The first kappa shape index (κ1) is 8.70. The molecule has 15 heavy (non-hydrogen) atoms. The number of ether oxygens (including phenoxy) is 1. The van der Waals surface area contributed by atoms with E-state index in [1.807, 2.05) is 6.07 Å². The van der Waals surface area contributed by atoms with E-state index < -0.39 is 11.3 Å². The van der Waals surface area contributed by atoms with Crippen LogP contribution in [0.25, 0.3) is 11.1 Å². The molecule has 3 N–H and O–H groups in total. The van der Waals surface area contributed by atoms with Gasteiger partial charge in [0.25, 0.3) is 0 Å². The number of hydrogen-bond donors (Lipinski definition) is 2. The maximum Gasteiger partial charge on any atom is 0.417 e. The summed E-state index contributed by atoms with van der Waals surface area (Å²) in [5, 5.41) is 0. The van der Waals surface area contributed by atoms with E-state index in [1.165, 1.54) is 0 Å². The van der Waals surface area contributed by atoms with Gasteiger partial charge in [0.1, 0.15) is 0 Å². The summed E-state index contributed by atoms with van der Waals surface area (Å²) < 4.78 is 10.0. The predicted octanol–water partition coefficient (Wildman–Crippen LogP) is 0.305. The lowest BCUT2D eigenvalue weighted by Gasteiger charge is -2.38. The van der Waals surface area contributed by atoms with Crippen molar-refractivity contribution in [1.82, 2.24) is 4.98 Å². The summed E-state index contributed by atoms with van der Waals surface area (Å²) in [6.45, 7) is 1.01. The molecule has 1 fully saturated rings. The van der Waals surface area contributed by atoms with E-state index in [-0.39, 0.29) is 0 Å². The maximum atomic E-state index is 11.0. The average Bonchev–Trinajstić information content (AvgIpc) is 2.53. The Morgan fingerprint density at radius 2 is 2.20 bits per heavy atom. The standard InChI is InChI=1S/C10H10N2O3/c11-10(4-14-5-10)6-1-2-7-8(3-6)15-9(13)12-7/h1-3H,4-5,11H2,(H,12,13). The highest BCUT2D eigenvalue weighted by Crippen LogP contribution is 2.28. The number of nitrogens with two attached hydrogens (primary N) is 1. The van der Waals surface area contributed by atoms with Crippen molar-refractivity contribution in [1.29, 1.82) is 0 Å². The smallest absolute Gasteiger partial charge is 0.408 e. The van der Waals surface area contributed by atoms with Crippen molar-refractivity contribution in [2.75, 3.05) is 13.2 Å². The third-order valence-corrected chi connectivity index (χ3v) is 2.72. The Labute approximate surface area is 84.8 Å². The number of rotatable bonds is 1. The first-order valence-corrected chi connectivity index (χ1v) is 4.67. The molecule has 1 saturated heterocycles. The van der Waals surface area contributed by atoms with E-state index in [0.29, 0.717) is 24.3 Å². The van der Waals surface area contributed by atoms with Gasteiger partial charge in [-0.25, -0.2) is 4.79 Å². The van der Waals surface area contributed by atoms with Crippen LogP contribution in [0.1, 0.15) is 5.56 Å². The number of benzene rings is 1. The quantitative estimate of drug-likeness (QED) is 0.703. The fourth-order valence-corrected chi connectivity index (χ4v) is 1.74. The Hall–Kier alpha value is -1.59. The van der Waals surface area contributed by atoms with Crippen molar-refractivity contribution in [2.45, 2.75) is 5.54 Å². The summed E-state index contributed by atoms with van der Waals surface area (Å²) in [6, 6.07) is 5.47. The molecule has 1 aliphatic heterocycles. The Balaban J connectivity index is 2.17. The van der Waals surface area contributed by atoms with Crippen LogP contribution in [-0.2, 0) is 10.3 Å². The molecule has 1 aromatic carbocycles. The van der Waals surface area contributed by atoms with Crippen LogP contribution < -0.4 is 11.5 Å². The minimum Gasteiger partial charge on any atom is -0.408 e. The average molecular weight is 206 g/mol. The van der Waals surface area contributed by atoms with Gasteiger partial charge in [-0.2, -0.15) is 0 Å². The number of H-pyrrole nitrogens is 1. The minimum atomic E-state index is -0.446. The maximum absolute atomic E-state index is 11.0. The zero-order valence-electron chi connectivity index (χ0n) is 7.95. The second-order valence-electron chi connectivity index (χ2n) is 3.87. The molecule has 0 atom stereocenters. The molecule has 0 saturated carbocycles. The van der Waals surface area contributed by atoms with E-state index >= 15 is 0 Å². The van der Waals surface area contributed by atoms with Crippen LogP contribution >= 0.6 is 0 Å². The van der Waals surface area contributed by atoms with Crippen molar-refractivity contribution in [3.63, 3.8) is 0 Å². The van der Waals surface area contributed by atoms with Gasteiger partial charge >= 0.3 is 5.76 Å². The Kier molecular flexibility index (Phi) is 1.57. The van der Waals surface area contributed by atoms with Crippen LogP contribution in [0.3, 0.4) is 0 Å². The number of oxazole rings is 1. The molecule has 2 aromatic rings. The third kappa shape index (κ3) is 1.20. The van der Waals surface area contributed by atoms with E-state index in [4.69, 9.17) is 14.9 Å². The number of nitrogens with one attached hydrogen (secondary N) is 1. The number of aromatic nitrogens is 1. The van der Waals surface area contributed by atoms with Gasteiger partial charge < -0.3 is 14.9 Å². The lowest BCUT2D eigenvalue weighted by Crippen LogP contribution is -2.54. The summed E-state index contributed by atoms with van der Waals surface area (Å²) in [4.78, 5) is 13.5. The summed E-state index contributed by atoms with van der Waals surface area (Å²) >= 11 is 0. The van der Waals surface area contributed by atoms with Crippen molar-refractivity contribution in [2.24, 2.45) is 5.73 Å². The molecule has 0 unspecified atom stereocenters. The van der Waals surface area contributed by atoms with Gasteiger partial charge in [-0.1, -0.05) is 6.07 Å². The molecule has 1 aromatic heterocycles.